The maximum atomic E-state index is 10.5. The van der Waals surface area contributed by atoms with Crippen LogP contribution in [0.25, 0.3) is 0 Å². The fourth-order valence-corrected chi connectivity index (χ4v) is 5.48. The van der Waals surface area contributed by atoms with Gasteiger partial charge in [-0.3, -0.25) is 0 Å². The van der Waals surface area contributed by atoms with E-state index in [1.165, 1.54) is 153 Å². The van der Waals surface area contributed by atoms with Crippen molar-refractivity contribution in [2.24, 2.45) is 0 Å². The second-order valence-electron chi connectivity index (χ2n) is 11.6. The van der Waals surface area contributed by atoms with E-state index in [1.807, 2.05) is 6.07 Å². The molecule has 1 rings (SSSR count). The van der Waals surface area contributed by atoms with Gasteiger partial charge in [-0.25, -0.2) is 0 Å². The van der Waals surface area contributed by atoms with Crippen molar-refractivity contribution in [2.45, 2.75) is 181 Å². The first kappa shape index (κ1) is 38.8. The molecule has 0 amide bonds. The van der Waals surface area contributed by atoms with Crippen molar-refractivity contribution in [3.05, 3.63) is 23.3 Å². The molecule has 0 spiro atoms. The van der Waals surface area contributed by atoms with Gasteiger partial charge in [0.1, 0.15) is 0 Å². The number of phenolic OH excluding ortho intramolecular Hbond substituents is 2. The zero-order chi connectivity index (χ0) is 29.7. The molecule has 6 heteroatoms. The van der Waals surface area contributed by atoms with Gasteiger partial charge < -0.3 is 10.2 Å². The van der Waals surface area contributed by atoms with Gasteiger partial charge in [0, 0.05) is 10.1 Å². The summed E-state index contributed by atoms with van der Waals surface area (Å²) in [6.07, 6.45) is 34.4. The van der Waals surface area contributed by atoms with Gasteiger partial charge in [0.15, 0.2) is 11.5 Å². The van der Waals surface area contributed by atoms with Crippen LogP contribution in [0, 0.1) is 0 Å². The highest BCUT2D eigenvalue weighted by atomic mass is 31.1. The molecule has 0 aliphatic carbocycles. The van der Waals surface area contributed by atoms with Gasteiger partial charge in [0.05, 0.1) is 0 Å². The van der Waals surface area contributed by atoms with Crippen molar-refractivity contribution >= 4 is 8.25 Å². The number of hydrogen-bond acceptors (Lipinski definition) is 3. The highest BCUT2D eigenvalue weighted by Crippen LogP contribution is 2.33. The Morgan fingerprint density at radius 1 is 0.500 bits per heavy atom. The lowest BCUT2D eigenvalue weighted by Gasteiger charge is -2.13. The lowest BCUT2D eigenvalue weighted by molar-refractivity contribution is 0.397. The minimum Gasteiger partial charge on any atom is -0.504 e. The van der Waals surface area contributed by atoms with Crippen LogP contribution in [0.4, 0.5) is 0 Å². The molecule has 40 heavy (non-hydrogen) atoms. The summed E-state index contributed by atoms with van der Waals surface area (Å²) >= 11 is 0. The predicted octanol–water partition coefficient (Wildman–Crippen LogP) is 11.2. The van der Waals surface area contributed by atoms with Crippen LogP contribution in [0.15, 0.2) is 12.1 Å². The third-order valence-electron chi connectivity index (χ3n) is 7.94. The zero-order valence-electron chi connectivity index (χ0n) is 26.2. The molecule has 234 valence electrons. The van der Waals surface area contributed by atoms with E-state index in [4.69, 9.17) is 14.4 Å². The lowest BCUT2D eigenvalue weighted by Crippen LogP contribution is -1.97. The maximum absolute atomic E-state index is 10.5. The second-order valence-corrected chi connectivity index (χ2v) is 12.1. The third kappa shape index (κ3) is 24.6. The minimum absolute atomic E-state index is 0.0439. The highest BCUT2D eigenvalue weighted by molar-refractivity contribution is 7.30. The Morgan fingerprint density at radius 3 is 1.15 bits per heavy atom. The molecular weight excluding hydrogens is 519 g/mol. The molecule has 0 saturated heterocycles. The molecule has 4 N–H and O–H groups in total. The van der Waals surface area contributed by atoms with E-state index in [2.05, 4.69) is 13.8 Å². The Labute approximate surface area is 248 Å². The average Bonchev–Trinajstić information content (AvgIpc) is 2.92. The van der Waals surface area contributed by atoms with Gasteiger partial charge >= 0.3 is 8.25 Å². The fraction of sp³-hybridized carbons (Fsp3) is 0.824. The largest absolute Gasteiger partial charge is 0.692 e. The number of aromatic hydroxyl groups is 2. The van der Waals surface area contributed by atoms with Crippen LogP contribution in [-0.4, -0.2) is 20.0 Å². The predicted molar refractivity (Wildman–Crippen MR) is 171 cm³/mol. The van der Waals surface area contributed by atoms with E-state index in [1.54, 1.807) is 6.07 Å². The van der Waals surface area contributed by atoms with Gasteiger partial charge in [-0.1, -0.05) is 161 Å². The van der Waals surface area contributed by atoms with E-state index in [0.29, 0.717) is 0 Å². The van der Waals surface area contributed by atoms with Gasteiger partial charge in [0.25, 0.3) is 0 Å². The Balaban J connectivity index is 0.00000354. The summed E-state index contributed by atoms with van der Waals surface area (Å²) in [5.74, 6) is 0.178. The summed E-state index contributed by atoms with van der Waals surface area (Å²) in [6.45, 7) is 4.56. The lowest BCUT2D eigenvalue weighted by atomic mass is 9.95. The summed E-state index contributed by atoms with van der Waals surface area (Å²) in [6, 6.07) is 3.72. The standard InChI is InChI=1S/C34H62O2.HO3P/c1-3-5-7-9-11-13-15-17-19-21-23-25-27-31-29-30-33(35)34(36)32(31)28-26-24-22-20-18-16-14-12-10-8-6-4-2;1-4(2)3/h29-30,35-36H,3-28H2,1-2H3;(H-,1,2,3)/p+1. The zero-order valence-corrected chi connectivity index (χ0v) is 27.1. The number of unbranched alkanes of at least 4 members (excludes halogenated alkanes) is 22. The smallest absolute Gasteiger partial charge is 0.504 e. The van der Waals surface area contributed by atoms with Crippen LogP contribution in [0.5, 0.6) is 11.5 Å². The summed E-state index contributed by atoms with van der Waals surface area (Å²) in [5, 5.41) is 20.5. The quantitative estimate of drug-likeness (QED) is 0.0494. The number of aryl methyl sites for hydroxylation is 1. The fourth-order valence-electron chi connectivity index (χ4n) is 5.48. The van der Waals surface area contributed by atoms with Crippen LogP contribution < -0.4 is 0 Å². The number of phenols is 2. The highest BCUT2D eigenvalue weighted by Gasteiger charge is 2.12. The Bertz CT molecular complexity index is 706. The van der Waals surface area contributed by atoms with Crippen LogP contribution in [-0.2, 0) is 17.4 Å². The van der Waals surface area contributed by atoms with Crippen molar-refractivity contribution < 1.29 is 24.6 Å². The molecule has 0 unspecified atom stereocenters. The molecule has 0 atom stereocenters. The Hall–Kier alpha value is -1.16. The molecule has 5 nitrogen and oxygen atoms in total. The van der Waals surface area contributed by atoms with Crippen molar-refractivity contribution in [1.29, 1.82) is 0 Å². The van der Waals surface area contributed by atoms with E-state index >= 15 is 0 Å². The maximum Gasteiger partial charge on any atom is 0.692 e. The Morgan fingerprint density at radius 2 is 0.800 bits per heavy atom. The van der Waals surface area contributed by atoms with Crippen LogP contribution in [0.1, 0.15) is 179 Å². The van der Waals surface area contributed by atoms with E-state index in [9.17, 15) is 10.2 Å². The van der Waals surface area contributed by atoms with Crippen LogP contribution >= 0.6 is 8.25 Å². The molecule has 0 fully saturated rings. The number of hydrogen-bond donors (Lipinski definition) is 4. The first-order valence-electron chi connectivity index (χ1n) is 16.8. The summed E-state index contributed by atoms with van der Waals surface area (Å²) in [5.41, 5.74) is 2.26. The van der Waals surface area contributed by atoms with Crippen molar-refractivity contribution in [1.82, 2.24) is 0 Å². The Kier molecular flexibility index (Phi) is 28.5. The van der Waals surface area contributed by atoms with E-state index in [0.717, 1.165) is 24.8 Å². The van der Waals surface area contributed by atoms with Gasteiger partial charge in [-0.15, -0.1) is 9.79 Å². The van der Waals surface area contributed by atoms with Crippen molar-refractivity contribution in [3.8, 4) is 11.5 Å². The topological polar surface area (TPSA) is 98.0 Å². The molecule has 1 aromatic carbocycles. The molecule has 0 saturated carbocycles. The molecule has 0 aromatic heterocycles. The molecule has 0 aliphatic rings. The summed E-state index contributed by atoms with van der Waals surface area (Å²) < 4.78 is 8.70. The normalized spacial score (nSPS) is 10.9. The van der Waals surface area contributed by atoms with Crippen molar-refractivity contribution in [2.75, 3.05) is 0 Å². The monoisotopic (exact) mass is 583 g/mol. The van der Waals surface area contributed by atoms with Crippen LogP contribution in [0.2, 0.25) is 0 Å². The van der Waals surface area contributed by atoms with E-state index < -0.39 is 8.25 Å². The molecule has 0 bridgehead atoms. The number of rotatable bonds is 26. The van der Waals surface area contributed by atoms with Gasteiger partial charge in [0.2, 0.25) is 0 Å². The molecular formula is C34H64O5P+. The SMILES string of the molecule is CCCCCCCCCCCCCCc1ccc(O)c(O)c1CCCCCCCCCCCCCC.O=[P+](O)O. The number of benzene rings is 1. The van der Waals surface area contributed by atoms with Gasteiger partial charge in [-0.2, -0.15) is 0 Å². The molecule has 1 aromatic rings. The summed E-state index contributed by atoms with van der Waals surface area (Å²) in [7, 11) is -2.87. The molecule has 0 radical (unpaired) electrons. The molecule has 0 aliphatic heterocycles. The van der Waals surface area contributed by atoms with Crippen molar-refractivity contribution in [3.63, 3.8) is 0 Å². The third-order valence-corrected chi connectivity index (χ3v) is 7.94. The van der Waals surface area contributed by atoms with Gasteiger partial charge in [-0.05, 0) is 37.3 Å². The summed E-state index contributed by atoms with van der Waals surface area (Å²) in [4.78, 5) is 14.2. The molecule has 0 heterocycles. The second kappa shape index (κ2) is 29.3. The first-order valence-corrected chi connectivity index (χ1v) is 18.0. The minimum atomic E-state index is -2.87. The average molecular weight is 584 g/mol. The first-order chi connectivity index (χ1) is 19.4. The van der Waals surface area contributed by atoms with Crippen LogP contribution in [0.3, 0.4) is 0 Å². The van der Waals surface area contributed by atoms with E-state index in [-0.39, 0.29) is 11.5 Å².